The van der Waals surface area contributed by atoms with Gasteiger partial charge in [0.1, 0.15) is 5.82 Å². The number of carbonyl (C=O) groups is 1. The number of rotatable bonds is 8. The minimum atomic E-state index is -3.75. The lowest BCUT2D eigenvalue weighted by Gasteiger charge is -2.28. The molecule has 0 aromatic heterocycles. The molecule has 1 aliphatic heterocycles. The van der Waals surface area contributed by atoms with Crippen molar-refractivity contribution in [3.8, 4) is 0 Å². The minimum absolute atomic E-state index is 0.0783. The van der Waals surface area contributed by atoms with Crippen LogP contribution < -0.4 is 10.2 Å². The maximum absolute atomic E-state index is 14.1. The lowest BCUT2D eigenvalue weighted by molar-refractivity contribution is -0.115. The molecule has 1 N–H and O–H groups in total. The van der Waals surface area contributed by atoms with Crippen LogP contribution in [0.4, 0.5) is 15.8 Å². The van der Waals surface area contributed by atoms with Crippen molar-refractivity contribution in [2.75, 3.05) is 49.6 Å². The first kappa shape index (κ1) is 24.4. The predicted octanol–water partition coefficient (Wildman–Crippen LogP) is 3.53. The van der Waals surface area contributed by atoms with Crippen LogP contribution in [0.15, 0.2) is 41.3 Å². The van der Waals surface area contributed by atoms with Crippen molar-refractivity contribution < 1.29 is 22.3 Å². The van der Waals surface area contributed by atoms with Crippen LogP contribution in [0.1, 0.15) is 19.4 Å². The average Bonchev–Trinajstić information content (AvgIpc) is 2.78. The lowest BCUT2D eigenvalue weighted by atomic mass is 10.1. The highest BCUT2D eigenvalue weighted by Gasteiger charge is 2.27. The van der Waals surface area contributed by atoms with E-state index in [0.29, 0.717) is 37.7 Å². The Morgan fingerprint density at radius 1 is 1.19 bits per heavy atom. The first-order chi connectivity index (χ1) is 15.3. The van der Waals surface area contributed by atoms with E-state index in [-0.39, 0.29) is 35.0 Å². The lowest BCUT2D eigenvalue weighted by Crippen LogP contribution is -2.40. The van der Waals surface area contributed by atoms with Crippen LogP contribution >= 0.6 is 11.6 Å². The number of ether oxygens (including phenoxy) is 1. The van der Waals surface area contributed by atoms with E-state index >= 15 is 0 Å². The Balaban J connectivity index is 1.94. The van der Waals surface area contributed by atoms with Gasteiger partial charge < -0.3 is 15.0 Å². The molecule has 2 aromatic carbocycles. The van der Waals surface area contributed by atoms with Gasteiger partial charge in [-0.2, -0.15) is 4.31 Å². The van der Waals surface area contributed by atoms with Crippen LogP contribution in [0.2, 0.25) is 5.02 Å². The summed E-state index contributed by atoms with van der Waals surface area (Å²) in [5.74, 6) is -1.06. The summed E-state index contributed by atoms with van der Waals surface area (Å²) in [5, 5.41) is 2.92. The number of anilines is 2. The van der Waals surface area contributed by atoms with Crippen LogP contribution in [-0.4, -0.2) is 58.0 Å². The topological polar surface area (TPSA) is 79.0 Å². The van der Waals surface area contributed by atoms with Gasteiger partial charge in [-0.05, 0) is 44.2 Å². The molecule has 2 aromatic rings. The van der Waals surface area contributed by atoms with Gasteiger partial charge in [-0.3, -0.25) is 4.79 Å². The Morgan fingerprint density at radius 2 is 1.88 bits per heavy atom. The molecule has 0 aliphatic carbocycles. The number of nitrogens with one attached hydrogen (secondary N) is 1. The Hall–Kier alpha value is -2.20. The molecular formula is C22H27ClFN3O4S. The Bertz CT molecular complexity index is 1050. The van der Waals surface area contributed by atoms with Crippen LogP contribution in [0.3, 0.4) is 0 Å². The van der Waals surface area contributed by atoms with E-state index in [1.165, 1.54) is 28.6 Å². The molecule has 0 unspecified atom stereocenters. The highest BCUT2D eigenvalue weighted by molar-refractivity contribution is 7.89. The summed E-state index contributed by atoms with van der Waals surface area (Å²) in [6.07, 6.45) is -0.274. The molecule has 1 fully saturated rings. The SMILES string of the molecule is CCN(CC)c1ccc(S(=O)(=O)N2CCOCC2)cc1NC(=O)Cc1c(F)cccc1Cl. The van der Waals surface area contributed by atoms with Crippen molar-refractivity contribution in [1.82, 2.24) is 4.31 Å². The van der Waals surface area contributed by atoms with E-state index in [9.17, 15) is 17.6 Å². The molecule has 1 amide bonds. The maximum atomic E-state index is 14.1. The van der Waals surface area contributed by atoms with Crippen molar-refractivity contribution in [2.45, 2.75) is 25.2 Å². The van der Waals surface area contributed by atoms with Gasteiger partial charge >= 0.3 is 0 Å². The number of halogens is 2. The standard InChI is InChI=1S/C22H27ClFN3O4S/c1-3-26(4-2)21-9-8-16(32(29,30)27-10-12-31-13-11-27)14-20(21)25-22(28)15-17-18(23)6-5-7-19(17)24/h5-9,14H,3-4,10-13,15H2,1-2H3,(H,25,28). The van der Waals surface area contributed by atoms with Gasteiger partial charge in [0, 0.05) is 36.8 Å². The number of nitrogens with zero attached hydrogens (tertiary/aromatic N) is 2. The molecule has 10 heteroatoms. The van der Waals surface area contributed by atoms with Gasteiger partial charge in [-0.25, -0.2) is 12.8 Å². The number of hydrogen-bond donors (Lipinski definition) is 1. The predicted molar refractivity (Wildman–Crippen MR) is 123 cm³/mol. The third kappa shape index (κ3) is 5.40. The zero-order valence-electron chi connectivity index (χ0n) is 18.1. The quantitative estimate of drug-likeness (QED) is 0.621. The average molecular weight is 484 g/mol. The number of amides is 1. The van der Waals surface area contributed by atoms with Crippen LogP contribution in [0.25, 0.3) is 0 Å². The van der Waals surface area contributed by atoms with E-state index < -0.39 is 21.7 Å². The van der Waals surface area contributed by atoms with E-state index in [2.05, 4.69) is 5.32 Å². The third-order valence-corrected chi connectivity index (χ3v) is 7.60. The molecule has 3 rings (SSSR count). The van der Waals surface area contributed by atoms with Crippen LogP contribution in [0.5, 0.6) is 0 Å². The van der Waals surface area contributed by atoms with Gasteiger partial charge in [0.15, 0.2) is 0 Å². The molecule has 0 radical (unpaired) electrons. The zero-order valence-corrected chi connectivity index (χ0v) is 19.7. The summed E-state index contributed by atoms with van der Waals surface area (Å²) < 4.78 is 47.0. The molecule has 0 spiro atoms. The number of sulfonamides is 1. The van der Waals surface area contributed by atoms with E-state index in [4.69, 9.17) is 16.3 Å². The molecular weight excluding hydrogens is 457 g/mol. The van der Waals surface area contributed by atoms with E-state index in [1.807, 2.05) is 18.7 Å². The summed E-state index contributed by atoms with van der Waals surface area (Å²) in [7, 11) is -3.75. The third-order valence-electron chi connectivity index (χ3n) is 5.35. The van der Waals surface area contributed by atoms with Crippen molar-refractivity contribution in [2.24, 2.45) is 0 Å². The van der Waals surface area contributed by atoms with Crippen LogP contribution in [0, 0.1) is 5.82 Å². The number of carbonyl (C=O) groups excluding carboxylic acids is 1. The summed E-state index contributed by atoms with van der Waals surface area (Å²) in [6, 6.07) is 8.92. The van der Waals surface area contributed by atoms with Gasteiger partial charge in [-0.15, -0.1) is 0 Å². The second kappa shape index (κ2) is 10.6. The first-order valence-electron chi connectivity index (χ1n) is 10.5. The molecule has 0 saturated carbocycles. The summed E-state index contributed by atoms with van der Waals surface area (Å²) in [4.78, 5) is 14.8. The Kier molecular flexibility index (Phi) is 8.10. The number of morpholine rings is 1. The van der Waals surface area contributed by atoms with E-state index in [1.54, 1.807) is 12.1 Å². The molecule has 1 aliphatic rings. The van der Waals surface area contributed by atoms with Gasteiger partial charge in [-0.1, -0.05) is 17.7 Å². The molecule has 0 atom stereocenters. The molecule has 1 heterocycles. The zero-order chi connectivity index (χ0) is 23.3. The summed E-state index contributed by atoms with van der Waals surface area (Å²) in [6.45, 7) is 6.47. The highest BCUT2D eigenvalue weighted by atomic mass is 35.5. The van der Waals surface area contributed by atoms with Crippen molar-refractivity contribution >= 4 is 38.9 Å². The van der Waals surface area contributed by atoms with Gasteiger partial charge in [0.25, 0.3) is 0 Å². The fourth-order valence-electron chi connectivity index (χ4n) is 3.61. The molecule has 1 saturated heterocycles. The first-order valence-corrected chi connectivity index (χ1v) is 12.3. The smallest absolute Gasteiger partial charge is 0.243 e. The van der Waals surface area contributed by atoms with Crippen molar-refractivity contribution in [3.63, 3.8) is 0 Å². The maximum Gasteiger partial charge on any atom is 0.243 e. The normalized spacial score (nSPS) is 14.9. The molecule has 174 valence electrons. The number of benzene rings is 2. The number of hydrogen-bond acceptors (Lipinski definition) is 5. The monoisotopic (exact) mass is 483 g/mol. The Labute approximate surface area is 193 Å². The summed E-state index contributed by atoms with van der Waals surface area (Å²) >= 11 is 6.05. The molecule has 0 bridgehead atoms. The largest absolute Gasteiger partial charge is 0.379 e. The fourth-order valence-corrected chi connectivity index (χ4v) is 5.27. The minimum Gasteiger partial charge on any atom is -0.379 e. The molecule has 32 heavy (non-hydrogen) atoms. The summed E-state index contributed by atoms with van der Waals surface area (Å²) in [5.41, 5.74) is 1.12. The molecule has 7 nitrogen and oxygen atoms in total. The Morgan fingerprint density at radius 3 is 2.50 bits per heavy atom. The van der Waals surface area contributed by atoms with Gasteiger partial charge in [0.2, 0.25) is 15.9 Å². The van der Waals surface area contributed by atoms with E-state index in [0.717, 1.165) is 0 Å². The highest BCUT2D eigenvalue weighted by Crippen LogP contribution is 2.31. The second-order valence-electron chi connectivity index (χ2n) is 7.29. The fraction of sp³-hybridized carbons (Fsp3) is 0.409. The van der Waals surface area contributed by atoms with Crippen molar-refractivity contribution in [1.29, 1.82) is 0 Å². The second-order valence-corrected chi connectivity index (χ2v) is 9.64. The van der Waals surface area contributed by atoms with Crippen molar-refractivity contribution in [3.05, 3.63) is 52.8 Å². The van der Waals surface area contributed by atoms with Crippen LogP contribution in [-0.2, 0) is 26.0 Å². The van der Waals surface area contributed by atoms with Gasteiger partial charge in [0.05, 0.1) is 35.9 Å².